The van der Waals surface area contributed by atoms with E-state index in [0.29, 0.717) is 34.8 Å². The SMILES string of the molecule is O=C(Nc1n[nH]c(C(=O)NCCN2CCOCC2)c1Br)c1ccccc1Cl. The molecule has 0 spiro atoms. The molecule has 3 N–H and O–H groups in total. The average molecular weight is 457 g/mol. The molecule has 8 nitrogen and oxygen atoms in total. The summed E-state index contributed by atoms with van der Waals surface area (Å²) in [5.41, 5.74) is 0.567. The van der Waals surface area contributed by atoms with Gasteiger partial charge in [-0.15, -0.1) is 0 Å². The van der Waals surface area contributed by atoms with Crippen molar-refractivity contribution >= 4 is 45.2 Å². The summed E-state index contributed by atoms with van der Waals surface area (Å²) in [6.45, 7) is 4.41. The van der Waals surface area contributed by atoms with Crippen molar-refractivity contribution in [2.24, 2.45) is 0 Å². The van der Waals surface area contributed by atoms with Gasteiger partial charge in [0.25, 0.3) is 11.8 Å². The number of rotatable bonds is 6. The lowest BCUT2D eigenvalue weighted by Gasteiger charge is -2.26. The molecule has 1 aliphatic heterocycles. The first kappa shape index (κ1) is 19.8. The Bertz CT molecular complexity index is 823. The van der Waals surface area contributed by atoms with Crippen LogP contribution in [0, 0.1) is 0 Å². The van der Waals surface area contributed by atoms with Crippen LogP contribution >= 0.6 is 27.5 Å². The Morgan fingerprint density at radius 3 is 2.74 bits per heavy atom. The first-order valence-electron chi connectivity index (χ1n) is 8.44. The largest absolute Gasteiger partial charge is 0.379 e. The smallest absolute Gasteiger partial charge is 0.270 e. The van der Waals surface area contributed by atoms with E-state index in [1.54, 1.807) is 24.3 Å². The number of ether oxygens (including phenoxy) is 1. The number of anilines is 1. The number of aromatic nitrogens is 2. The molecule has 10 heteroatoms. The molecule has 2 aromatic rings. The lowest BCUT2D eigenvalue weighted by molar-refractivity contribution is 0.0383. The van der Waals surface area contributed by atoms with Crippen LogP contribution in [0.1, 0.15) is 20.8 Å². The number of nitrogens with one attached hydrogen (secondary N) is 3. The highest BCUT2D eigenvalue weighted by molar-refractivity contribution is 9.10. The zero-order chi connectivity index (χ0) is 19.2. The minimum Gasteiger partial charge on any atom is -0.379 e. The maximum atomic E-state index is 12.3. The van der Waals surface area contributed by atoms with E-state index in [-0.39, 0.29) is 17.4 Å². The van der Waals surface area contributed by atoms with Gasteiger partial charge in [0.15, 0.2) is 5.82 Å². The summed E-state index contributed by atoms with van der Waals surface area (Å²) in [7, 11) is 0. The van der Waals surface area contributed by atoms with Crippen LogP contribution in [0.2, 0.25) is 5.02 Å². The van der Waals surface area contributed by atoms with Gasteiger partial charge in [-0.3, -0.25) is 19.6 Å². The van der Waals surface area contributed by atoms with E-state index >= 15 is 0 Å². The third-order valence-corrected chi connectivity index (χ3v) is 5.20. The topological polar surface area (TPSA) is 99.3 Å². The molecule has 3 rings (SSSR count). The Kier molecular flexibility index (Phi) is 6.84. The van der Waals surface area contributed by atoms with Crippen molar-refractivity contribution in [3.05, 3.63) is 45.0 Å². The van der Waals surface area contributed by atoms with E-state index in [9.17, 15) is 9.59 Å². The molecule has 0 saturated carbocycles. The fourth-order valence-corrected chi connectivity index (χ4v) is 3.30. The van der Waals surface area contributed by atoms with E-state index in [4.69, 9.17) is 16.3 Å². The van der Waals surface area contributed by atoms with Crippen LogP contribution in [0.4, 0.5) is 5.82 Å². The molecule has 2 amide bonds. The van der Waals surface area contributed by atoms with Crippen LogP contribution in [0.3, 0.4) is 0 Å². The predicted molar refractivity (Wildman–Crippen MR) is 105 cm³/mol. The summed E-state index contributed by atoms with van der Waals surface area (Å²) in [6, 6.07) is 6.69. The van der Waals surface area contributed by atoms with Gasteiger partial charge in [-0.1, -0.05) is 23.7 Å². The minimum absolute atomic E-state index is 0.221. The molecule has 0 aliphatic carbocycles. The Hall–Kier alpha value is -1.94. The number of carbonyl (C=O) groups is 2. The molecule has 144 valence electrons. The average Bonchev–Trinajstić information content (AvgIpc) is 3.03. The second kappa shape index (κ2) is 9.32. The van der Waals surface area contributed by atoms with E-state index in [2.05, 4.69) is 41.7 Å². The van der Waals surface area contributed by atoms with Crippen LogP contribution in [0.5, 0.6) is 0 Å². The monoisotopic (exact) mass is 455 g/mol. The van der Waals surface area contributed by atoms with Crippen molar-refractivity contribution in [3.63, 3.8) is 0 Å². The van der Waals surface area contributed by atoms with Crippen LogP contribution in [0.25, 0.3) is 0 Å². The Labute approximate surface area is 169 Å². The molecule has 0 bridgehead atoms. The van der Waals surface area contributed by atoms with Crippen molar-refractivity contribution in [1.82, 2.24) is 20.4 Å². The molecule has 0 radical (unpaired) electrons. The lowest BCUT2D eigenvalue weighted by atomic mass is 10.2. The van der Waals surface area contributed by atoms with Crippen LogP contribution in [-0.4, -0.2) is 66.3 Å². The van der Waals surface area contributed by atoms with Gasteiger partial charge in [0.05, 0.1) is 28.3 Å². The first-order valence-corrected chi connectivity index (χ1v) is 9.61. The summed E-state index contributed by atoms with van der Waals surface area (Å²) in [5.74, 6) is -0.494. The molecule has 1 aromatic carbocycles. The van der Waals surface area contributed by atoms with Gasteiger partial charge < -0.3 is 15.4 Å². The highest BCUT2D eigenvalue weighted by atomic mass is 79.9. The predicted octanol–water partition coefficient (Wildman–Crippen LogP) is 2.14. The normalized spacial score (nSPS) is 14.7. The maximum Gasteiger partial charge on any atom is 0.270 e. The number of nitrogens with zero attached hydrogens (tertiary/aromatic N) is 2. The van der Waals surface area contributed by atoms with E-state index in [0.717, 1.165) is 19.6 Å². The number of H-pyrrole nitrogens is 1. The van der Waals surface area contributed by atoms with Crippen LogP contribution < -0.4 is 10.6 Å². The van der Waals surface area contributed by atoms with Gasteiger partial charge in [-0.05, 0) is 28.1 Å². The van der Waals surface area contributed by atoms with Crippen molar-refractivity contribution < 1.29 is 14.3 Å². The number of amides is 2. The molecule has 1 saturated heterocycles. The number of hydrogen-bond donors (Lipinski definition) is 3. The number of hydrogen-bond acceptors (Lipinski definition) is 5. The van der Waals surface area contributed by atoms with E-state index < -0.39 is 5.91 Å². The van der Waals surface area contributed by atoms with Gasteiger partial charge in [-0.25, -0.2) is 0 Å². The number of halogens is 2. The maximum absolute atomic E-state index is 12.3. The van der Waals surface area contributed by atoms with Crippen molar-refractivity contribution in [1.29, 1.82) is 0 Å². The Morgan fingerprint density at radius 2 is 2.00 bits per heavy atom. The number of aromatic amines is 1. The van der Waals surface area contributed by atoms with Crippen LogP contribution in [0.15, 0.2) is 28.7 Å². The standard InChI is InChI=1S/C17H19BrClN5O3/c18-13-14(17(26)20-5-6-24-7-9-27-10-8-24)22-23-15(13)21-16(25)11-3-1-2-4-12(11)19/h1-4H,5-10H2,(H,20,26)(H2,21,22,23,25). The Morgan fingerprint density at radius 1 is 1.26 bits per heavy atom. The summed E-state index contributed by atoms with van der Waals surface area (Å²) in [4.78, 5) is 26.9. The first-order chi connectivity index (χ1) is 13.1. The zero-order valence-electron chi connectivity index (χ0n) is 14.4. The molecule has 27 heavy (non-hydrogen) atoms. The highest BCUT2D eigenvalue weighted by Crippen LogP contribution is 2.25. The van der Waals surface area contributed by atoms with Gasteiger partial charge >= 0.3 is 0 Å². The summed E-state index contributed by atoms with van der Waals surface area (Å²) in [5, 5.41) is 12.4. The van der Waals surface area contributed by atoms with E-state index in [1.807, 2.05) is 0 Å². The fraction of sp³-hybridized carbons (Fsp3) is 0.353. The van der Waals surface area contributed by atoms with Crippen molar-refractivity contribution in [3.8, 4) is 0 Å². The number of carbonyl (C=O) groups excluding carboxylic acids is 2. The summed E-state index contributed by atoms with van der Waals surface area (Å²) >= 11 is 9.34. The summed E-state index contributed by atoms with van der Waals surface area (Å²) < 4.78 is 5.68. The third-order valence-electron chi connectivity index (χ3n) is 4.10. The molecule has 2 heterocycles. The highest BCUT2D eigenvalue weighted by Gasteiger charge is 2.20. The second-order valence-corrected chi connectivity index (χ2v) is 7.11. The lowest BCUT2D eigenvalue weighted by Crippen LogP contribution is -2.41. The Balaban J connectivity index is 1.56. The zero-order valence-corrected chi connectivity index (χ0v) is 16.8. The summed E-state index contributed by atoms with van der Waals surface area (Å²) in [6.07, 6.45) is 0. The quantitative estimate of drug-likeness (QED) is 0.618. The van der Waals surface area contributed by atoms with Gasteiger partial charge in [0.2, 0.25) is 0 Å². The molecule has 1 aliphatic rings. The van der Waals surface area contributed by atoms with Gasteiger partial charge in [-0.2, -0.15) is 5.10 Å². The molecule has 0 atom stereocenters. The minimum atomic E-state index is -0.410. The van der Waals surface area contributed by atoms with Crippen molar-refractivity contribution in [2.45, 2.75) is 0 Å². The number of benzene rings is 1. The van der Waals surface area contributed by atoms with Crippen molar-refractivity contribution in [2.75, 3.05) is 44.7 Å². The van der Waals surface area contributed by atoms with Gasteiger partial charge in [0, 0.05) is 26.2 Å². The molecular formula is C17H19BrClN5O3. The molecule has 1 fully saturated rings. The molecular weight excluding hydrogens is 438 g/mol. The fourth-order valence-electron chi connectivity index (χ4n) is 2.62. The molecule has 1 aromatic heterocycles. The van der Waals surface area contributed by atoms with Gasteiger partial charge in [0.1, 0.15) is 5.69 Å². The van der Waals surface area contributed by atoms with Crippen LogP contribution in [-0.2, 0) is 4.74 Å². The molecule has 0 unspecified atom stereocenters. The second-order valence-electron chi connectivity index (χ2n) is 5.91. The van der Waals surface area contributed by atoms with E-state index in [1.165, 1.54) is 0 Å². The third kappa shape index (κ3) is 5.07. The number of morpholine rings is 1.